The molecule has 0 aliphatic heterocycles. The normalized spacial score (nSPS) is 9.23. The van der Waals surface area contributed by atoms with Crippen molar-refractivity contribution in [1.82, 2.24) is 5.32 Å². The Hall–Kier alpha value is -1.77. The fourth-order valence-corrected chi connectivity index (χ4v) is 0.885. The Morgan fingerprint density at radius 1 is 1.38 bits per heavy atom. The van der Waals surface area contributed by atoms with Gasteiger partial charge in [-0.05, 0) is 12.1 Å². The van der Waals surface area contributed by atoms with Crippen molar-refractivity contribution in [3.05, 3.63) is 48.2 Å². The number of hydrogen-bond acceptors (Lipinski definition) is 2. The van der Waals surface area contributed by atoms with Gasteiger partial charge in [-0.2, -0.15) is 0 Å². The van der Waals surface area contributed by atoms with Crippen molar-refractivity contribution in [2.24, 2.45) is 5.73 Å². The lowest BCUT2D eigenvalue weighted by atomic mass is 10.2. The van der Waals surface area contributed by atoms with Crippen molar-refractivity contribution in [1.29, 1.82) is 0 Å². The van der Waals surface area contributed by atoms with E-state index in [9.17, 15) is 4.79 Å². The van der Waals surface area contributed by atoms with Crippen molar-refractivity contribution in [2.45, 2.75) is 0 Å². The summed E-state index contributed by atoms with van der Waals surface area (Å²) in [5.74, 6) is -0.132. The summed E-state index contributed by atoms with van der Waals surface area (Å²) in [6, 6.07) is 8.97. The van der Waals surface area contributed by atoms with Gasteiger partial charge in [0.1, 0.15) is 0 Å². The second kappa shape index (κ2) is 4.30. The van der Waals surface area contributed by atoms with E-state index in [0.29, 0.717) is 17.8 Å². The highest BCUT2D eigenvalue weighted by molar-refractivity contribution is 5.94. The first kappa shape index (κ1) is 9.32. The van der Waals surface area contributed by atoms with Crippen LogP contribution < -0.4 is 11.1 Å². The zero-order valence-corrected chi connectivity index (χ0v) is 7.29. The molecule has 0 aromatic heterocycles. The fourth-order valence-electron chi connectivity index (χ4n) is 0.885. The van der Waals surface area contributed by atoms with Gasteiger partial charge in [0.25, 0.3) is 5.91 Å². The largest absolute Gasteiger partial charge is 0.401 e. The van der Waals surface area contributed by atoms with Crippen LogP contribution in [-0.2, 0) is 0 Å². The van der Waals surface area contributed by atoms with Crippen LogP contribution in [0.2, 0.25) is 0 Å². The number of nitrogens with one attached hydrogen (secondary N) is 1. The molecule has 0 saturated carbocycles. The molecular formula is C10H12N2O. The molecule has 0 radical (unpaired) electrons. The smallest absolute Gasteiger partial charge is 0.251 e. The first-order chi connectivity index (χ1) is 6.20. The van der Waals surface area contributed by atoms with Crippen LogP contribution >= 0.6 is 0 Å². The predicted molar refractivity (Wildman–Crippen MR) is 52.1 cm³/mol. The first-order valence-corrected chi connectivity index (χ1v) is 3.96. The summed E-state index contributed by atoms with van der Waals surface area (Å²) in [6.07, 6.45) is 0. The fraction of sp³-hybridized carbons (Fsp3) is 0.100. The van der Waals surface area contributed by atoms with Gasteiger partial charge in [-0.3, -0.25) is 4.79 Å². The Labute approximate surface area is 77.3 Å². The van der Waals surface area contributed by atoms with Gasteiger partial charge in [0.15, 0.2) is 0 Å². The molecule has 3 N–H and O–H groups in total. The second-order valence-electron chi connectivity index (χ2n) is 2.71. The molecule has 1 aromatic rings. The maximum atomic E-state index is 11.3. The van der Waals surface area contributed by atoms with Crippen LogP contribution in [0.25, 0.3) is 0 Å². The number of rotatable bonds is 3. The van der Waals surface area contributed by atoms with E-state index in [2.05, 4.69) is 11.9 Å². The molecule has 0 heterocycles. The third-order valence-corrected chi connectivity index (χ3v) is 1.51. The number of carbonyl (C=O) groups excluding carboxylic acids is 1. The standard InChI is InChI=1S/C10H12N2O/c1-8(11)7-12-10(13)9-5-3-2-4-6-9/h2-6H,1,7,11H2,(H,12,13). The van der Waals surface area contributed by atoms with Gasteiger partial charge in [0.2, 0.25) is 0 Å². The second-order valence-corrected chi connectivity index (χ2v) is 2.71. The number of carbonyl (C=O) groups is 1. The first-order valence-electron chi connectivity index (χ1n) is 3.96. The van der Waals surface area contributed by atoms with E-state index in [0.717, 1.165) is 0 Å². The molecule has 0 unspecified atom stereocenters. The van der Waals surface area contributed by atoms with Gasteiger partial charge < -0.3 is 11.1 Å². The lowest BCUT2D eigenvalue weighted by Gasteiger charge is -2.03. The SMILES string of the molecule is C=C(N)CNC(=O)c1ccccc1. The van der Waals surface area contributed by atoms with Gasteiger partial charge in [-0.1, -0.05) is 24.8 Å². The maximum Gasteiger partial charge on any atom is 0.251 e. The van der Waals surface area contributed by atoms with Crippen molar-refractivity contribution in [3.63, 3.8) is 0 Å². The van der Waals surface area contributed by atoms with Gasteiger partial charge in [-0.25, -0.2) is 0 Å². The molecule has 1 amide bonds. The quantitative estimate of drug-likeness (QED) is 0.718. The maximum absolute atomic E-state index is 11.3. The van der Waals surface area contributed by atoms with E-state index in [1.807, 2.05) is 18.2 Å². The summed E-state index contributed by atoms with van der Waals surface area (Å²) in [6.45, 7) is 3.80. The van der Waals surface area contributed by atoms with Gasteiger partial charge in [0.05, 0.1) is 6.54 Å². The molecule has 0 aliphatic carbocycles. The van der Waals surface area contributed by atoms with Crippen molar-refractivity contribution >= 4 is 5.91 Å². The van der Waals surface area contributed by atoms with Crippen LogP contribution in [0.1, 0.15) is 10.4 Å². The molecule has 0 fully saturated rings. The highest BCUT2D eigenvalue weighted by Crippen LogP contribution is 1.97. The minimum absolute atomic E-state index is 0.132. The van der Waals surface area contributed by atoms with Crippen LogP contribution in [0.4, 0.5) is 0 Å². The van der Waals surface area contributed by atoms with Crippen molar-refractivity contribution in [2.75, 3.05) is 6.54 Å². The Bertz CT molecular complexity index is 306. The monoisotopic (exact) mass is 176 g/mol. The van der Waals surface area contributed by atoms with Crippen molar-refractivity contribution < 1.29 is 4.79 Å². The van der Waals surface area contributed by atoms with Gasteiger partial charge >= 0.3 is 0 Å². The highest BCUT2D eigenvalue weighted by atomic mass is 16.1. The molecular weight excluding hydrogens is 164 g/mol. The molecule has 0 atom stereocenters. The van der Waals surface area contributed by atoms with Crippen LogP contribution in [-0.4, -0.2) is 12.5 Å². The zero-order chi connectivity index (χ0) is 9.68. The highest BCUT2D eigenvalue weighted by Gasteiger charge is 2.02. The molecule has 1 rings (SSSR count). The van der Waals surface area contributed by atoms with E-state index in [4.69, 9.17) is 5.73 Å². The van der Waals surface area contributed by atoms with Crippen LogP contribution in [0.5, 0.6) is 0 Å². The molecule has 13 heavy (non-hydrogen) atoms. The van der Waals surface area contributed by atoms with Gasteiger partial charge in [0, 0.05) is 11.3 Å². The Morgan fingerprint density at radius 3 is 2.54 bits per heavy atom. The minimum Gasteiger partial charge on any atom is -0.401 e. The number of benzene rings is 1. The number of hydrogen-bond donors (Lipinski definition) is 2. The van der Waals surface area contributed by atoms with Crippen LogP contribution in [0, 0.1) is 0 Å². The zero-order valence-electron chi connectivity index (χ0n) is 7.29. The molecule has 3 nitrogen and oxygen atoms in total. The Balaban J connectivity index is 2.54. The molecule has 3 heteroatoms. The summed E-state index contributed by atoms with van der Waals surface area (Å²) >= 11 is 0. The third kappa shape index (κ3) is 2.99. The van der Waals surface area contributed by atoms with E-state index in [-0.39, 0.29) is 5.91 Å². The topological polar surface area (TPSA) is 55.1 Å². The molecule has 1 aromatic carbocycles. The molecule has 0 bridgehead atoms. The summed E-state index contributed by atoms with van der Waals surface area (Å²) in [5, 5.41) is 2.63. The minimum atomic E-state index is -0.132. The Morgan fingerprint density at radius 2 is 2.00 bits per heavy atom. The number of amides is 1. The Kier molecular flexibility index (Phi) is 3.09. The summed E-state index contributed by atoms with van der Waals surface area (Å²) in [5.41, 5.74) is 6.39. The van der Waals surface area contributed by atoms with E-state index >= 15 is 0 Å². The molecule has 0 spiro atoms. The number of nitrogens with two attached hydrogens (primary N) is 1. The average Bonchev–Trinajstić information content (AvgIpc) is 2.15. The van der Waals surface area contributed by atoms with E-state index < -0.39 is 0 Å². The van der Waals surface area contributed by atoms with Gasteiger partial charge in [-0.15, -0.1) is 0 Å². The van der Waals surface area contributed by atoms with Crippen LogP contribution in [0.3, 0.4) is 0 Å². The average molecular weight is 176 g/mol. The summed E-state index contributed by atoms with van der Waals surface area (Å²) in [4.78, 5) is 11.3. The van der Waals surface area contributed by atoms with Crippen LogP contribution in [0.15, 0.2) is 42.6 Å². The predicted octanol–water partition coefficient (Wildman–Crippen LogP) is 0.889. The third-order valence-electron chi connectivity index (χ3n) is 1.51. The van der Waals surface area contributed by atoms with E-state index in [1.54, 1.807) is 12.1 Å². The van der Waals surface area contributed by atoms with Crippen molar-refractivity contribution in [3.8, 4) is 0 Å². The lowest BCUT2D eigenvalue weighted by Crippen LogP contribution is -2.27. The van der Waals surface area contributed by atoms with E-state index in [1.165, 1.54) is 0 Å². The molecule has 0 aliphatic rings. The molecule has 68 valence electrons. The summed E-state index contributed by atoms with van der Waals surface area (Å²) in [7, 11) is 0. The molecule has 0 saturated heterocycles. The lowest BCUT2D eigenvalue weighted by molar-refractivity contribution is 0.0957. The summed E-state index contributed by atoms with van der Waals surface area (Å²) < 4.78 is 0.